The van der Waals surface area contributed by atoms with Crippen LogP contribution in [0.2, 0.25) is 0 Å². The summed E-state index contributed by atoms with van der Waals surface area (Å²) in [6, 6.07) is -1.70. The zero-order valence-corrected chi connectivity index (χ0v) is 9.64. The first-order valence-corrected chi connectivity index (χ1v) is 5.60. The minimum absolute atomic E-state index is 0.0108. The van der Waals surface area contributed by atoms with Crippen molar-refractivity contribution in [2.75, 3.05) is 19.8 Å². The van der Waals surface area contributed by atoms with E-state index >= 15 is 0 Å². The molecule has 1 fully saturated rings. The van der Waals surface area contributed by atoms with Crippen molar-refractivity contribution < 1.29 is 22.7 Å². The molecule has 0 bridgehead atoms. The number of nitrogens with one attached hydrogen (secondary N) is 2. The zero-order valence-electron chi connectivity index (χ0n) is 9.64. The maximum Gasteiger partial charge on any atom is 0.403 e. The van der Waals surface area contributed by atoms with Crippen molar-refractivity contribution in [2.45, 2.75) is 38.0 Å². The minimum Gasteiger partial charge on any atom is -0.372 e. The SMILES string of the molecule is CCOCC(=O)NC1CCC(C(F)(F)F)NC1. The van der Waals surface area contributed by atoms with Crippen molar-refractivity contribution in [1.29, 1.82) is 0 Å². The van der Waals surface area contributed by atoms with Crippen molar-refractivity contribution in [3.63, 3.8) is 0 Å². The first kappa shape index (κ1) is 14.2. The summed E-state index contributed by atoms with van der Waals surface area (Å²) in [6.45, 7) is 2.30. The molecule has 1 aliphatic rings. The van der Waals surface area contributed by atoms with E-state index in [1.165, 1.54) is 0 Å². The summed E-state index contributed by atoms with van der Waals surface area (Å²) in [5, 5.41) is 5.02. The summed E-state index contributed by atoms with van der Waals surface area (Å²) in [5.74, 6) is -0.288. The normalized spacial score (nSPS) is 25.6. The summed E-state index contributed by atoms with van der Waals surface area (Å²) < 4.78 is 41.9. The Morgan fingerprint density at radius 3 is 2.65 bits per heavy atom. The number of carbonyl (C=O) groups is 1. The van der Waals surface area contributed by atoms with Crippen LogP contribution in [-0.2, 0) is 9.53 Å². The molecule has 1 amide bonds. The predicted molar refractivity (Wildman–Crippen MR) is 55.5 cm³/mol. The summed E-state index contributed by atoms with van der Waals surface area (Å²) in [7, 11) is 0. The molecule has 4 nitrogen and oxygen atoms in total. The number of halogens is 3. The van der Waals surface area contributed by atoms with Crippen LogP contribution in [0.3, 0.4) is 0 Å². The molecule has 2 N–H and O–H groups in total. The van der Waals surface area contributed by atoms with E-state index in [-0.39, 0.29) is 31.5 Å². The van der Waals surface area contributed by atoms with Gasteiger partial charge in [0.05, 0.1) is 0 Å². The van der Waals surface area contributed by atoms with Gasteiger partial charge in [-0.25, -0.2) is 0 Å². The van der Waals surface area contributed by atoms with E-state index in [0.29, 0.717) is 13.0 Å². The van der Waals surface area contributed by atoms with Gasteiger partial charge in [0.2, 0.25) is 5.91 Å². The van der Waals surface area contributed by atoms with Crippen LogP contribution in [0, 0.1) is 0 Å². The predicted octanol–water partition coefficient (Wildman–Crippen LogP) is 0.822. The Balaban J connectivity index is 2.25. The number of carbonyl (C=O) groups excluding carboxylic acids is 1. The lowest BCUT2D eigenvalue weighted by atomic mass is 10.0. The molecule has 2 atom stereocenters. The van der Waals surface area contributed by atoms with Crippen LogP contribution in [0.4, 0.5) is 13.2 Å². The Morgan fingerprint density at radius 2 is 2.18 bits per heavy atom. The van der Waals surface area contributed by atoms with Gasteiger partial charge < -0.3 is 15.4 Å². The summed E-state index contributed by atoms with van der Waals surface area (Å²) >= 11 is 0. The second-order valence-electron chi connectivity index (χ2n) is 3.98. The lowest BCUT2D eigenvalue weighted by Crippen LogP contribution is -2.54. The lowest BCUT2D eigenvalue weighted by Gasteiger charge is -2.31. The van der Waals surface area contributed by atoms with E-state index in [0.717, 1.165) is 0 Å². The highest BCUT2D eigenvalue weighted by atomic mass is 19.4. The fraction of sp³-hybridized carbons (Fsp3) is 0.900. The second kappa shape index (κ2) is 6.20. The summed E-state index contributed by atoms with van der Waals surface area (Å²) in [6.07, 6.45) is -3.89. The summed E-state index contributed by atoms with van der Waals surface area (Å²) in [4.78, 5) is 11.3. The number of hydrogen-bond acceptors (Lipinski definition) is 3. The average molecular weight is 254 g/mol. The first-order valence-electron chi connectivity index (χ1n) is 5.60. The molecule has 7 heteroatoms. The first-order chi connectivity index (χ1) is 7.93. The molecule has 0 aromatic rings. The van der Waals surface area contributed by atoms with Gasteiger partial charge in [-0.1, -0.05) is 0 Å². The van der Waals surface area contributed by atoms with Gasteiger partial charge in [0.15, 0.2) is 0 Å². The second-order valence-corrected chi connectivity index (χ2v) is 3.98. The number of hydrogen-bond donors (Lipinski definition) is 2. The monoisotopic (exact) mass is 254 g/mol. The molecule has 0 aromatic heterocycles. The molecule has 0 aliphatic carbocycles. The highest BCUT2D eigenvalue weighted by Gasteiger charge is 2.41. The van der Waals surface area contributed by atoms with E-state index in [4.69, 9.17) is 4.74 Å². The Morgan fingerprint density at radius 1 is 1.47 bits per heavy atom. The third-order valence-electron chi connectivity index (χ3n) is 2.61. The fourth-order valence-electron chi connectivity index (χ4n) is 1.72. The maximum absolute atomic E-state index is 12.3. The molecule has 1 rings (SSSR count). The topological polar surface area (TPSA) is 50.4 Å². The standard InChI is InChI=1S/C10H17F3N2O2/c1-2-17-6-9(16)15-7-3-4-8(14-5-7)10(11,12)13/h7-8,14H,2-6H2,1H3,(H,15,16). The van der Waals surface area contributed by atoms with Gasteiger partial charge in [0.25, 0.3) is 0 Å². The molecule has 2 unspecified atom stereocenters. The maximum atomic E-state index is 12.3. The van der Waals surface area contributed by atoms with Crippen molar-refractivity contribution in [2.24, 2.45) is 0 Å². The molecular weight excluding hydrogens is 237 g/mol. The lowest BCUT2D eigenvalue weighted by molar-refractivity contribution is -0.161. The van der Waals surface area contributed by atoms with Gasteiger partial charge in [0.1, 0.15) is 12.6 Å². The van der Waals surface area contributed by atoms with Gasteiger partial charge in [0, 0.05) is 19.2 Å². The number of piperidine rings is 1. The summed E-state index contributed by atoms with van der Waals surface area (Å²) in [5.41, 5.74) is 0. The van der Waals surface area contributed by atoms with Crippen molar-refractivity contribution in [3.05, 3.63) is 0 Å². The Labute approximate surface area is 97.9 Å². The molecule has 0 spiro atoms. The van der Waals surface area contributed by atoms with E-state index in [1.54, 1.807) is 6.92 Å². The third-order valence-corrected chi connectivity index (χ3v) is 2.61. The van der Waals surface area contributed by atoms with Gasteiger partial charge in [-0.3, -0.25) is 4.79 Å². The minimum atomic E-state index is -4.21. The van der Waals surface area contributed by atoms with Gasteiger partial charge in [-0.2, -0.15) is 13.2 Å². The molecule has 1 saturated heterocycles. The third kappa shape index (κ3) is 4.91. The molecule has 100 valence electrons. The quantitative estimate of drug-likeness (QED) is 0.781. The molecule has 0 saturated carbocycles. The average Bonchev–Trinajstić information content (AvgIpc) is 2.26. The van der Waals surface area contributed by atoms with Crippen molar-refractivity contribution in [1.82, 2.24) is 10.6 Å². The van der Waals surface area contributed by atoms with Crippen LogP contribution in [0.5, 0.6) is 0 Å². The molecule has 1 heterocycles. The number of rotatable bonds is 4. The van der Waals surface area contributed by atoms with Gasteiger partial charge in [-0.05, 0) is 19.8 Å². The smallest absolute Gasteiger partial charge is 0.372 e. The van der Waals surface area contributed by atoms with Gasteiger partial charge >= 0.3 is 6.18 Å². The Kier molecular flexibility index (Phi) is 5.20. The van der Waals surface area contributed by atoms with E-state index < -0.39 is 12.2 Å². The highest BCUT2D eigenvalue weighted by molar-refractivity contribution is 5.77. The van der Waals surface area contributed by atoms with E-state index in [2.05, 4.69) is 10.6 Å². The molecular formula is C10H17F3N2O2. The molecule has 1 aliphatic heterocycles. The zero-order chi connectivity index (χ0) is 12.9. The Hall–Kier alpha value is -0.820. The molecule has 17 heavy (non-hydrogen) atoms. The molecule has 0 aromatic carbocycles. The van der Waals surface area contributed by atoms with Crippen LogP contribution < -0.4 is 10.6 Å². The highest BCUT2D eigenvalue weighted by Crippen LogP contribution is 2.25. The number of alkyl halides is 3. The number of ether oxygens (including phenoxy) is 1. The van der Waals surface area contributed by atoms with Crippen LogP contribution in [0.1, 0.15) is 19.8 Å². The van der Waals surface area contributed by atoms with Crippen molar-refractivity contribution in [3.8, 4) is 0 Å². The molecule has 0 radical (unpaired) electrons. The van der Waals surface area contributed by atoms with E-state index in [1.807, 2.05) is 0 Å². The Bertz CT molecular complexity index is 250. The largest absolute Gasteiger partial charge is 0.403 e. The van der Waals surface area contributed by atoms with Crippen LogP contribution >= 0.6 is 0 Å². The van der Waals surface area contributed by atoms with Crippen molar-refractivity contribution >= 4 is 5.91 Å². The van der Waals surface area contributed by atoms with Crippen LogP contribution in [0.25, 0.3) is 0 Å². The van der Waals surface area contributed by atoms with Crippen LogP contribution in [-0.4, -0.2) is 43.9 Å². The van der Waals surface area contributed by atoms with E-state index in [9.17, 15) is 18.0 Å². The number of amides is 1. The fourth-order valence-corrected chi connectivity index (χ4v) is 1.72. The van der Waals surface area contributed by atoms with Crippen LogP contribution in [0.15, 0.2) is 0 Å². The van der Waals surface area contributed by atoms with Gasteiger partial charge in [-0.15, -0.1) is 0 Å².